The Hall–Kier alpha value is -2.43. The smallest absolute Gasteiger partial charge is 0.140 e. The minimum absolute atomic E-state index is 0.0422. The average molecular weight is 359 g/mol. The van der Waals surface area contributed by atoms with Crippen LogP contribution in [0.2, 0.25) is 0 Å². The number of rotatable bonds is 3. The summed E-state index contributed by atoms with van der Waals surface area (Å²) >= 11 is 0. The van der Waals surface area contributed by atoms with Gasteiger partial charge in [-0.3, -0.25) is 9.88 Å². The molecule has 1 aliphatic heterocycles. The zero-order chi connectivity index (χ0) is 18.2. The van der Waals surface area contributed by atoms with E-state index in [1.807, 2.05) is 18.5 Å². The Morgan fingerprint density at radius 1 is 1.07 bits per heavy atom. The number of fused-ring (bicyclic) bond motifs is 2. The van der Waals surface area contributed by atoms with Crippen LogP contribution in [-0.4, -0.2) is 35.1 Å². The molecule has 1 aromatic heterocycles. The maximum absolute atomic E-state index is 6.60. The van der Waals surface area contributed by atoms with Crippen molar-refractivity contribution in [3.63, 3.8) is 0 Å². The molecular formula is C23H25N3O. The third kappa shape index (κ3) is 3.20. The van der Waals surface area contributed by atoms with Crippen LogP contribution < -0.4 is 10.5 Å². The van der Waals surface area contributed by atoms with Crippen LogP contribution in [0.15, 0.2) is 60.9 Å². The van der Waals surface area contributed by atoms with Crippen LogP contribution in [0.5, 0.6) is 5.75 Å². The minimum Gasteiger partial charge on any atom is -0.484 e. The van der Waals surface area contributed by atoms with E-state index in [0.717, 1.165) is 37.1 Å². The number of hydrogen-bond acceptors (Lipinski definition) is 4. The molecule has 2 aromatic carbocycles. The lowest BCUT2D eigenvalue weighted by molar-refractivity contribution is 0.0594. The molecule has 1 saturated heterocycles. The molecule has 1 fully saturated rings. The predicted octanol–water partition coefficient (Wildman–Crippen LogP) is 3.70. The van der Waals surface area contributed by atoms with Crippen molar-refractivity contribution in [2.45, 2.75) is 37.5 Å². The largest absolute Gasteiger partial charge is 0.484 e. The Bertz CT molecular complexity index is 957. The van der Waals surface area contributed by atoms with Gasteiger partial charge in [-0.15, -0.1) is 0 Å². The third-order valence-electron chi connectivity index (χ3n) is 5.97. The average Bonchev–Trinajstić information content (AvgIpc) is 3.06. The van der Waals surface area contributed by atoms with Crippen molar-refractivity contribution in [3.05, 3.63) is 72.1 Å². The summed E-state index contributed by atoms with van der Waals surface area (Å²) in [6.45, 7) is 2.06. The van der Waals surface area contributed by atoms with Crippen molar-refractivity contribution in [2.75, 3.05) is 13.1 Å². The van der Waals surface area contributed by atoms with Gasteiger partial charge in [0.1, 0.15) is 11.9 Å². The van der Waals surface area contributed by atoms with E-state index in [1.165, 1.54) is 22.9 Å². The lowest BCUT2D eigenvalue weighted by atomic mass is 10.0. The van der Waals surface area contributed by atoms with E-state index in [2.05, 4.69) is 52.3 Å². The molecule has 0 bridgehead atoms. The Balaban J connectivity index is 1.47. The summed E-state index contributed by atoms with van der Waals surface area (Å²) in [6.07, 6.45) is 7.09. The van der Waals surface area contributed by atoms with Gasteiger partial charge in [0.05, 0.1) is 6.04 Å². The van der Waals surface area contributed by atoms with Gasteiger partial charge in [0.2, 0.25) is 0 Å². The van der Waals surface area contributed by atoms with Gasteiger partial charge < -0.3 is 10.5 Å². The topological polar surface area (TPSA) is 51.4 Å². The molecule has 2 aliphatic rings. The van der Waals surface area contributed by atoms with Gasteiger partial charge in [0.15, 0.2) is 0 Å². The highest BCUT2D eigenvalue weighted by Gasteiger charge is 2.39. The van der Waals surface area contributed by atoms with E-state index in [-0.39, 0.29) is 12.1 Å². The fourth-order valence-corrected chi connectivity index (χ4v) is 4.62. The van der Waals surface area contributed by atoms with E-state index in [9.17, 15) is 0 Å². The Labute approximate surface area is 160 Å². The molecule has 0 unspecified atom stereocenters. The van der Waals surface area contributed by atoms with Crippen LogP contribution in [0.25, 0.3) is 10.8 Å². The molecule has 0 amide bonds. The van der Waals surface area contributed by atoms with Crippen LogP contribution in [-0.2, 0) is 6.42 Å². The number of hydrogen-bond donors (Lipinski definition) is 1. The summed E-state index contributed by atoms with van der Waals surface area (Å²) in [4.78, 5) is 6.78. The first-order valence-electron chi connectivity index (χ1n) is 9.86. The van der Waals surface area contributed by atoms with Crippen molar-refractivity contribution >= 4 is 10.8 Å². The van der Waals surface area contributed by atoms with Crippen molar-refractivity contribution < 1.29 is 4.74 Å². The fourth-order valence-electron chi connectivity index (χ4n) is 4.62. The molecule has 4 heteroatoms. The van der Waals surface area contributed by atoms with E-state index < -0.39 is 0 Å². The zero-order valence-electron chi connectivity index (χ0n) is 15.4. The fraction of sp³-hybridized carbons (Fsp3) is 0.348. The summed E-state index contributed by atoms with van der Waals surface area (Å²) < 4.78 is 6.60. The highest BCUT2D eigenvalue weighted by Crippen LogP contribution is 2.39. The van der Waals surface area contributed by atoms with Gasteiger partial charge in [-0.25, -0.2) is 0 Å². The molecule has 4 nitrogen and oxygen atoms in total. The van der Waals surface area contributed by atoms with E-state index in [1.54, 1.807) is 0 Å². The SMILES string of the molecule is N[C@@H]1CCCN([C@@H]2Cc3ccccc3[C@H]2Oc2ccc3ccncc3c2)C1. The van der Waals surface area contributed by atoms with Gasteiger partial charge in [-0.1, -0.05) is 30.3 Å². The van der Waals surface area contributed by atoms with Crippen LogP contribution >= 0.6 is 0 Å². The van der Waals surface area contributed by atoms with E-state index in [4.69, 9.17) is 10.5 Å². The molecule has 0 saturated carbocycles. The molecular weight excluding hydrogens is 334 g/mol. The Morgan fingerprint density at radius 3 is 2.93 bits per heavy atom. The molecule has 138 valence electrons. The number of nitrogens with zero attached hydrogens (tertiary/aromatic N) is 2. The van der Waals surface area contributed by atoms with Crippen LogP contribution in [0, 0.1) is 0 Å². The standard InChI is InChI=1S/C23H25N3O/c24-19-5-3-11-26(15-19)22-13-17-4-1-2-6-21(17)23(22)27-20-8-7-16-9-10-25-14-18(16)12-20/h1-2,4,6-10,12,14,19,22-23H,3,5,11,13,15,24H2/t19-,22-,23-/m1/s1. The first-order chi connectivity index (χ1) is 13.3. The predicted molar refractivity (Wildman–Crippen MR) is 108 cm³/mol. The molecule has 27 heavy (non-hydrogen) atoms. The summed E-state index contributed by atoms with van der Waals surface area (Å²) in [6, 6.07) is 17.6. The monoisotopic (exact) mass is 359 g/mol. The van der Waals surface area contributed by atoms with Gasteiger partial charge >= 0.3 is 0 Å². The van der Waals surface area contributed by atoms with Gasteiger partial charge in [-0.05, 0) is 60.5 Å². The van der Waals surface area contributed by atoms with Gasteiger partial charge in [0.25, 0.3) is 0 Å². The molecule has 2 N–H and O–H groups in total. The van der Waals surface area contributed by atoms with Crippen molar-refractivity contribution in [1.82, 2.24) is 9.88 Å². The Morgan fingerprint density at radius 2 is 2.00 bits per heavy atom. The van der Waals surface area contributed by atoms with E-state index in [0.29, 0.717) is 6.04 Å². The minimum atomic E-state index is 0.0422. The number of pyridine rings is 1. The number of aromatic nitrogens is 1. The van der Waals surface area contributed by atoms with Crippen LogP contribution in [0.4, 0.5) is 0 Å². The molecule has 3 aromatic rings. The van der Waals surface area contributed by atoms with Crippen LogP contribution in [0.1, 0.15) is 30.1 Å². The number of ether oxygens (including phenoxy) is 1. The summed E-state index contributed by atoms with van der Waals surface area (Å²) in [5, 5.41) is 2.29. The summed E-state index contributed by atoms with van der Waals surface area (Å²) in [5.41, 5.74) is 8.98. The van der Waals surface area contributed by atoms with Crippen molar-refractivity contribution in [2.24, 2.45) is 5.73 Å². The highest BCUT2D eigenvalue weighted by molar-refractivity contribution is 5.82. The molecule has 3 atom stereocenters. The lowest BCUT2D eigenvalue weighted by Crippen LogP contribution is -2.49. The molecule has 0 spiro atoms. The van der Waals surface area contributed by atoms with E-state index >= 15 is 0 Å². The summed E-state index contributed by atoms with van der Waals surface area (Å²) in [5.74, 6) is 0.906. The number of benzene rings is 2. The summed E-state index contributed by atoms with van der Waals surface area (Å²) in [7, 11) is 0. The first-order valence-corrected chi connectivity index (χ1v) is 9.86. The second-order valence-corrected chi connectivity index (χ2v) is 7.79. The van der Waals surface area contributed by atoms with Gasteiger partial charge in [0, 0.05) is 30.4 Å². The number of piperidine rings is 1. The first kappa shape index (κ1) is 16.7. The lowest BCUT2D eigenvalue weighted by Gasteiger charge is -2.38. The van der Waals surface area contributed by atoms with Gasteiger partial charge in [-0.2, -0.15) is 0 Å². The highest BCUT2D eigenvalue weighted by atomic mass is 16.5. The van der Waals surface area contributed by atoms with Crippen molar-refractivity contribution in [3.8, 4) is 5.75 Å². The molecule has 1 aliphatic carbocycles. The quantitative estimate of drug-likeness (QED) is 0.775. The Kier molecular flexibility index (Phi) is 4.30. The number of likely N-dealkylation sites (tertiary alicyclic amines) is 1. The maximum Gasteiger partial charge on any atom is 0.140 e. The second-order valence-electron chi connectivity index (χ2n) is 7.79. The van der Waals surface area contributed by atoms with Crippen LogP contribution in [0.3, 0.4) is 0 Å². The molecule has 5 rings (SSSR count). The number of nitrogens with two attached hydrogens (primary N) is 1. The van der Waals surface area contributed by atoms with Crippen molar-refractivity contribution in [1.29, 1.82) is 0 Å². The molecule has 2 heterocycles. The maximum atomic E-state index is 6.60. The third-order valence-corrected chi connectivity index (χ3v) is 5.97. The zero-order valence-corrected chi connectivity index (χ0v) is 15.4. The molecule has 0 radical (unpaired) electrons. The second kappa shape index (κ2) is 6.95. The normalized spacial score (nSPS) is 25.4.